The average molecular weight is 202 g/mol. The van der Waals surface area contributed by atoms with Gasteiger partial charge in [-0.05, 0) is 36.1 Å². The minimum atomic E-state index is 0.552. The molecule has 0 aromatic heterocycles. The number of aryl methyl sites for hydroxylation is 1. The molecule has 0 heterocycles. The highest BCUT2D eigenvalue weighted by Gasteiger charge is 2.10. The number of carbonyl (C=O) groups is 1. The molecule has 1 aliphatic carbocycles. The third-order valence-electron chi connectivity index (χ3n) is 2.77. The van der Waals surface area contributed by atoms with E-state index in [1.54, 1.807) is 7.11 Å². The molecule has 0 saturated carbocycles. The Bertz CT molecular complexity index is 405. The van der Waals surface area contributed by atoms with E-state index in [0.29, 0.717) is 6.42 Å². The molecule has 0 N–H and O–H groups in total. The molecule has 2 heteroatoms. The topological polar surface area (TPSA) is 26.3 Å². The van der Waals surface area contributed by atoms with Crippen LogP contribution in [0.5, 0.6) is 5.75 Å². The van der Waals surface area contributed by atoms with E-state index in [1.165, 1.54) is 16.7 Å². The van der Waals surface area contributed by atoms with Gasteiger partial charge >= 0.3 is 0 Å². The van der Waals surface area contributed by atoms with Gasteiger partial charge in [0.05, 0.1) is 7.11 Å². The molecule has 0 bridgehead atoms. The van der Waals surface area contributed by atoms with E-state index in [2.05, 4.69) is 12.1 Å². The lowest BCUT2D eigenvalue weighted by atomic mass is 9.91. The number of benzene rings is 1. The van der Waals surface area contributed by atoms with Crippen LogP contribution in [0.25, 0.3) is 6.08 Å². The Labute approximate surface area is 89.6 Å². The molecule has 78 valence electrons. The molecule has 0 amide bonds. The Morgan fingerprint density at radius 3 is 3.00 bits per heavy atom. The second-order valence-electron chi connectivity index (χ2n) is 3.74. The summed E-state index contributed by atoms with van der Waals surface area (Å²) in [6.07, 6.45) is 5.65. The zero-order chi connectivity index (χ0) is 10.7. The molecule has 0 atom stereocenters. The zero-order valence-corrected chi connectivity index (χ0v) is 8.82. The number of carbonyl (C=O) groups excluding carboxylic acids is 1. The molecule has 2 nitrogen and oxygen atoms in total. The highest BCUT2D eigenvalue weighted by Crippen LogP contribution is 2.28. The Morgan fingerprint density at radius 2 is 2.27 bits per heavy atom. The van der Waals surface area contributed by atoms with Crippen LogP contribution in [0.15, 0.2) is 23.8 Å². The molecule has 0 spiro atoms. The number of hydrogen-bond acceptors (Lipinski definition) is 2. The van der Waals surface area contributed by atoms with Gasteiger partial charge in [-0.2, -0.15) is 0 Å². The molecule has 1 aromatic carbocycles. The first kappa shape index (κ1) is 9.97. The van der Waals surface area contributed by atoms with Crippen LogP contribution in [0.3, 0.4) is 0 Å². The van der Waals surface area contributed by atoms with Crippen molar-refractivity contribution >= 4 is 12.4 Å². The largest absolute Gasteiger partial charge is 0.497 e. The van der Waals surface area contributed by atoms with Crippen molar-refractivity contribution < 1.29 is 9.53 Å². The number of hydrogen-bond donors (Lipinski definition) is 0. The summed E-state index contributed by atoms with van der Waals surface area (Å²) in [4.78, 5) is 10.4. The summed E-state index contributed by atoms with van der Waals surface area (Å²) in [6.45, 7) is 0. The van der Waals surface area contributed by atoms with E-state index in [9.17, 15) is 4.79 Å². The minimum Gasteiger partial charge on any atom is -0.497 e. The van der Waals surface area contributed by atoms with Crippen molar-refractivity contribution in [1.29, 1.82) is 0 Å². The lowest BCUT2D eigenvalue weighted by molar-refractivity contribution is -0.107. The second-order valence-corrected chi connectivity index (χ2v) is 3.74. The first-order valence-corrected chi connectivity index (χ1v) is 5.13. The first-order chi connectivity index (χ1) is 7.33. The third-order valence-corrected chi connectivity index (χ3v) is 2.77. The van der Waals surface area contributed by atoms with Crippen LogP contribution in [-0.4, -0.2) is 13.4 Å². The van der Waals surface area contributed by atoms with Crippen LogP contribution < -0.4 is 4.74 Å². The van der Waals surface area contributed by atoms with Gasteiger partial charge in [0.15, 0.2) is 0 Å². The smallest absolute Gasteiger partial charge is 0.124 e. The van der Waals surface area contributed by atoms with E-state index in [-0.39, 0.29) is 0 Å². The van der Waals surface area contributed by atoms with E-state index in [1.807, 2.05) is 12.1 Å². The maximum atomic E-state index is 10.4. The van der Waals surface area contributed by atoms with Gasteiger partial charge in [-0.15, -0.1) is 0 Å². The van der Waals surface area contributed by atoms with Gasteiger partial charge in [0.1, 0.15) is 12.0 Å². The maximum absolute atomic E-state index is 10.4. The van der Waals surface area contributed by atoms with Gasteiger partial charge in [-0.3, -0.25) is 0 Å². The SMILES string of the molecule is COc1ccc2c(c1)C=C(CC=O)CC2. The van der Waals surface area contributed by atoms with Crippen LogP contribution in [0.2, 0.25) is 0 Å². The van der Waals surface area contributed by atoms with Crippen molar-refractivity contribution in [2.24, 2.45) is 0 Å². The van der Waals surface area contributed by atoms with Gasteiger partial charge in [0, 0.05) is 6.42 Å². The highest BCUT2D eigenvalue weighted by atomic mass is 16.5. The summed E-state index contributed by atoms with van der Waals surface area (Å²) in [7, 11) is 1.67. The molecular formula is C13H14O2. The predicted octanol–water partition coefficient (Wildman–Crippen LogP) is 2.61. The minimum absolute atomic E-state index is 0.552. The summed E-state index contributed by atoms with van der Waals surface area (Å²) >= 11 is 0. The third kappa shape index (κ3) is 2.09. The molecule has 2 rings (SSSR count). The number of ether oxygens (including phenoxy) is 1. The van der Waals surface area contributed by atoms with E-state index in [0.717, 1.165) is 24.9 Å². The number of rotatable bonds is 3. The van der Waals surface area contributed by atoms with Crippen LogP contribution >= 0.6 is 0 Å². The van der Waals surface area contributed by atoms with Gasteiger partial charge in [0.2, 0.25) is 0 Å². The monoisotopic (exact) mass is 202 g/mol. The predicted molar refractivity (Wildman–Crippen MR) is 60.0 cm³/mol. The lowest BCUT2D eigenvalue weighted by Crippen LogP contribution is -2.00. The Balaban J connectivity index is 2.34. The van der Waals surface area contributed by atoms with Crippen LogP contribution in [-0.2, 0) is 11.2 Å². The maximum Gasteiger partial charge on any atom is 0.124 e. The number of allylic oxidation sites excluding steroid dienone is 1. The van der Waals surface area contributed by atoms with E-state index in [4.69, 9.17) is 4.74 Å². The highest BCUT2D eigenvalue weighted by molar-refractivity contribution is 5.66. The van der Waals surface area contributed by atoms with Crippen LogP contribution in [0, 0.1) is 0 Å². The fourth-order valence-corrected chi connectivity index (χ4v) is 1.92. The summed E-state index contributed by atoms with van der Waals surface area (Å²) in [5, 5.41) is 0. The van der Waals surface area contributed by atoms with Crippen molar-refractivity contribution in [1.82, 2.24) is 0 Å². The lowest BCUT2D eigenvalue weighted by Gasteiger charge is -2.15. The van der Waals surface area contributed by atoms with Gasteiger partial charge < -0.3 is 9.53 Å². The van der Waals surface area contributed by atoms with Crippen molar-refractivity contribution in [3.63, 3.8) is 0 Å². The van der Waals surface area contributed by atoms with Gasteiger partial charge in [0.25, 0.3) is 0 Å². The van der Waals surface area contributed by atoms with Crippen molar-refractivity contribution in [3.8, 4) is 5.75 Å². The molecule has 1 aliphatic rings. The molecule has 0 saturated heterocycles. The number of fused-ring (bicyclic) bond motifs is 1. The summed E-state index contributed by atoms with van der Waals surface area (Å²) in [5.74, 6) is 0.873. The standard InChI is InChI=1S/C13H14O2/c1-15-13-5-4-11-3-2-10(6-7-14)8-12(11)9-13/h4-5,7-9H,2-3,6H2,1H3. The Morgan fingerprint density at radius 1 is 1.40 bits per heavy atom. The Hall–Kier alpha value is -1.57. The molecule has 0 unspecified atom stereocenters. The first-order valence-electron chi connectivity index (χ1n) is 5.13. The van der Waals surface area contributed by atoms with Crippen LogP contribution in [0.1, 0.15) is 24.0 Å². The van der Waals surface area contributed by atoms with Crippen LogP contribution in [0.4, 0.5) is 0 Å². The molecule has 0 aliphatic heterocycles. The second kappa shape index (κ2) is 4.30. The summed E-state index contributed by atoms with van der Waals surface area (Å²) in [5.41, 5.74) is 3.74. The molecule has 0 fully saturated rings. The van der Waals surface area contributed by atoms with Gasteiger partial charge in [-0.25, -0.2) is 0 Å². The fourth-order valence-electron chi connectivity index (χ4n) is 1.92. The summed E-state index contributed by atoms with van der Waals surface area (Å²) < 4.78 is 5.18. The van der Waals surface area contributed by atoms with Crippen molar-refractivity contribution in [3.05, 3.63) is 34.9 Å². The molecular weight excluding hydrogens is 188 g/mol. The number of aldehydes is 1. The van der Waals surface area contributed by atoms with Gasteiger partial charge in [-0.1, -0.05) is 17.7 Å². The van der Waals surface area contributed by atoms with Crippen molar-refractivity contribution in [2.75, 3.05) is 7.11 Å². The van der Waals surface area contributed by atoms with E-state index < -0.39 is 0 Å². The average Bonchev–Trinajstić information content (AvgIpc) is 2.28. The summed E-state index contributed by atoms with van der Waals surface area (Å²) in [6, 6.07) is 6.11. The molecule has 0 radical (unpaired) electrons. The molecule has 15 heavy (non-hydrogen) atoms. The zero-order valence-electron chi connectivity index (χ0n) is 8.82. The number of methoxy groups -OCH3 is 1. The van der Waals surface area contributed by atoms with Crippen molar-refractivity contribution in [2.45, 2.75) is 19.3 Å². The fraction of sp³-hybridized carbons (Fsp3) is 0.308. The molecule has 1 aromatic rings. The normalized spacial score (nSPS) is 14.1. The Kier molecular flexibility index (Phi) is 2.86. The van der Waals surface area contributed by atoms with E-state index >= 15 is 0 Å². The quantitative estimate of drug-likeness (QED) is 0.704.